The number of amides is 1. The molecule has 0 aromatic heterocycles. The van der Waals surface area contributed by atoms with Gasteiger partial charge in [-0.25, -0.2) is 4.57 Å². The molecular formula is C36H70N2O7P+. The fraction of sp³-hybridized carbons (Fsp3) is 0.806. The Morgan fingerprint density at radius 3 is 1.89 bits per heavy atom. The summed E-state index contributed by atoms with van der Waals surface area (Å²) in [6.45, 7) is 4.43. The van der Waals surface area contributed by atoms with E-state index in [0.29, 0.717) is 30.3 Å². The van der Waals surface area contributed by atoms with Gasteiger partial charge in [-0.2, -0.15) is 0 Å². The molecule has 4 atom stereocenters. The van der Waals surface area contributed by atoms with Gasteiger partial charge in [0.05, 0.1) is 39.9 Å². The highest BCUT2D eigenvalue weighted by atomic mass is 31.2. The number of phosphoric acid groups is 1. The number of phosphoric ester groups is 1. The highest BCUT2D eigenvalue weighted by Gasteiger charge is 2.31. The number of nitrogens with zero attached hydrogens (tertiary/aromatic N) is 1. The predicted octanol–water partition coefficient (Wildman–Crippen LogP) is 7.76. The van der Waals surface area contributed by atoms with Crippen LogP contribution in [0.1, 0.15) is 129 Å². The van der Waals surface area contributed by atoms with Crippen molar-refractivity contribution in [2.75, 3.05) is 40.9 Å². The summed E-state index contributed by atoms with van der Waals surface area (Å²) in [5.74, 6) is -0.289. The molecule has 0 fully saturated rings. The van der Waals surface area contributed by atoms with Gasteiger partial charge in [-0.15, -0.1) is 0 Å². The van der Waals surface area contributed by atoms with Crippen molar-refractivity contribution in [2.24, 2.45) is 0 Å². The molecular weight excluding hydrogens is 603 g/mol. The minimum absolute atomic E-state index is 0.0112. The third-order valence-electron chi connectivity index (χ3n) is 7.66. The third-order valence-corrected chi connectivity index (χ3v) is 8.65. The first-order chi connectivity index (χ1) is 21.9. The molecule has 0 aliphatic heterocycles. The zero-order valence-corrected chi connectivity index (χ0v) is 30.8. The van der Waals surface area contributed by atoms with Crippen LogP contribution >= 0.6 is 7.82 Å². The molecule has 46 heavy (non-hydrogen) atoms. The second-order valence-electron chi connectivity index (χ2n) is 13.4. The molecule has 0 heterocycles. The molecule has 4 N–H and O–H groups in total. The van der Waals surface area contributed by atoms with Gasteiger partial charge in [0.15, 0.2) is 0 Å². The fourth-order valence-corrected chi connectivity index (χ4v) is 5.42. The van der Waals surface area contributed by atoms with Crippen LogP contribution in [0.5, 0.6) is 0 Å². The van der Waals surface area contributed by atoms with Gasteiger partial charge in [0, 0.05) is 6.42 Å². The highest BCUT2D eigenvalue weighted by molar-refractivity contribution is 7.47. The number of hydrogen-bond acceptors (Lipinski definition) is 6. The summed E-state index contributed by atoms with van der Waals surface area (Å²) in [7, 11) is 1.39. The van der Waals surface area contributed by atoms with Gasteiger partial charge in [0.2, 0.25) is 5.91 Å². The van der Waals surface area contributed by atoms with Crippen LogP contribution in [-0.2, 0) is 18.4 Å². The van der Waals surface area contributed by atoms with E-state index in [-0.39, 0.29) is 18.9 Å². The van der Waals surface area contributed by atoms with E-state index < -0.39 is 32.7 Å². The van der Waals surface area contributed by atoms with Crippen molar-refractivity contribution in [1.29, 1.82) is 0 Å². The molecule has 0 bridgehead atoms. The molecule has 4 unspecified atom stereocenters. The van der Waals surface area contributed by atoms with Crippen LogP contribution in [0.2, 0.25) is 0 Å². The second-order valence-corrected chi connectivity index (χ2v) is 14.8. The summed E-state index contributed by atoms with van der Waals surface area (Å²) >= 11 is 0. The van der Waals surface area contributed by atoms with E-state index in [1.54, 1.807) is 0 Å². The largest absolute Gasteiger partial charge is 0.472 e. The molecule has 0 spiro atoms. The summed E-state index contributed by atoms with van der Waals surface area (Å²) < 4.78 is 23.3. The van der Waals surface area contributed by atoms with E-state index in [1.807, 2.05) is 21.1 Å². The molecule has 0 aromatic carbocycles. The van der Waals surface area contributed by atoms with Crippen molar-refractivity contribution < 1.29 is 38.0 Å². The van der Waals surface area contributed by atoms with Crippen LogP contribution in [0.4, 0.5) is 0 Å². The molecule has 0 aliphatic rings. The van der Waals surface area contributed by atoms with Crippen molar-refractivity contribution in [2.45, 2.75) is 148 Å². The number of hydrogen-bond donors (Lipinski definition) is 4. The molecule has 0 saturated heterocycles. The van der Waals surface area contributed by atoms with Crippen molar-refractivity contribution in [3.63, 3.8) is 0 Å². The van der Waals surface area contributed by atoms with Crippen LogP contribution in [0, 0.1) is 0 Å². The lowest BCUT2D eigenvalue weighted by Crippen LogP contribution is -2.51. The predicted molar refractivity (Wildman–Crippen MR) is 190 cm³/mol. The van der Waals surface area contributed by atoms with E-state index >= 15 is 0 Å². The quantitative estimate of drug-likeness (QED) is 0.0257. The molecule has 270 valence electrons. The lowest BCUT2D eigenvalue weighted by atomic mass is 10.0. The van der Waals surface area contributed by atoms with Crippen molar-refractivity contribution in [3.8, 4) is 0 Å². The summed E-state index contributed by atoms with van der Waals surface area (Å²) in [4.78, 5) is 22.9. The molecule has 0 rings (SSSR count). The Morgan fingerprint density at radius 2 is 1.28 bits per heavy atom. The maximum Gasteiger partial charge on any atom is 0.472 e. The number of carbonyl (C=O) groups excluding carboxylic acids is 1. The van der Waals surface area contributed by atoms with Crippen molar-refractivity contribution >= 4 is 13.7 Å². The SMILES string of the molecule is CCC/C=C\CCCCCCCC(=O)NC(COP(=O)(O)OCC[N+](C)(C)C)C(O)C(O)CCC/C=C/CC/C=C/CCCCC. The third kappa shape index (κ3) is 28.9. The summed E-state index contributed by atoms with van der Waals surface area (Å²) in [5, 5.41) is 24.4. The number of quaternary nitrogens is 1. The summed E-state index contributed by atoms with van der Waals surface area (Å²) in [6, 6.07) is -1.06. The number of rotatable bonds is 31. The molecule has 0 saturated carbocycles. The lowest BCUT2D eigenvalue weighted by Gasteiger charge is -2.28. The number of carbonyl (C=O) groups is 1. The Labute approximate surface area is 281 Å². The van der Waals surface area contributed by atoms with Crippen LogP contribution in [-0.4, -0.2) is 84.6 Å². The average Bonchev–Trinajstić information content (AvgIpc) is 2.99. The zero-order valence-electron chi connectivity index (χ0n) is 29.9. The monoisotopic (exact) mass is 673 g/mol. The van der Waals surface area contributed by atoms with E-state index in [4.69, 9.17) is 9.05 Å². The minimum atomic E-state index is -4.41. The average molecular weight is 674 g/mol. The number of unbranched alkanes of at least 4 members (excludes halogenated alkanes) is 11. The van der Waals surface area contributed by atoms with Gasteiger partial charge in [-0.1, -0.05) is 88.8 Å². The molecule has 1 amide bonds. The minimum Gasteiger partial charge on any atom is -0.390 e. The van der Waals surface area contributed by atoms with Crippen LogP contribution in [0.15, 0.2) is 36.5 Å². The van der Waals surface area contributed by atoms with Gasteiger partial charge < -0.3 is 24.9 Å². The molecule has 0 aliphatic carbocycles. The Morgan fingerprint density at radius 1 is 0.739 bits per heavy atom. The topological polar surface area (TPSA) is 125 Å². The lowest BCUT2D eigenvalue weighted by molar-refractivity contribution is -0.870. The van der Waals surface area contributed by atoms with E-state index in [1.165, 1.54) is 25.7 Å². The van der Waals surface area contributed by atoms with Gasteiger partial charge >= 0.3 is 7.82 Å². The smallest absolute Gasteiger partial charge is 0.390 e. The standard InChI is InChI=1S/C36H69N2O7P/c1-6-8-10-12-14-16-18-19-20-22-24-26-28-34(39)36(41)33(32-45-46(42,43)44-31-30-38(3,4)5)37-35(40)29-27-25-23-21-17-15-13-11-9-7-2/h11,13-14,16,20,22,33-34,36,39,41H,6-10,12,15,17-19,21,23-32H2,1-5H3,(H-,37,40,42,43)/p+1/b13-11-,16-14+,22-20+. The number of likely N-dealkylation sites (N-methyl/N-ethyl adjacent to an activating group) is 1. The van der Waals surface area contributed by atoms with Crippen LogP contribution in [0.25, 0.3) is 0 Å². The van der Waals surface area contributed by atoms with Crippen molar-refractivity contribution in [1.82, 2.24) is 5.32 Å². The zero-order chi connectivity index (χ0) is 34.5. The Hall–Kier alpha value is -1.32. The molecule has 9 nitrogen and oxygen atoms in total. The summed E-state index contributed by atoms with van der Waals surface area (Å²) in [6.07, 6.45) is 27.9. The number of allylic oxidation sites excluding steroid dienone is 6. The number of aliphatic hydroxyl groups excluding tert-OH is 2. The Bertz CT molecular complexity index is 873. The highest BCUT2D eigenvalue weighted by Crippen LogP contribution is 2.43. The number of nitrogens with one attached hydrogen (secondary N) is 1. The molecule has 10 heteroatoms. The first-order valence-corrected chi connectivity index (χ1v) is 19.4. The van der Waals surface area contributed by atoms with Crippen LogP contribution < -0.4 is 5.32 Å². The first kappa shape index (κ1) is 44.7. The van der Waals surface area contributed by atoms with E-state index in [2.05, 4.69) is 55.6 Å². The summed E-state index contributed by atoms with van der Waals surface area (Å²) in [5.41, 5.74) is 0. The number of aliphatic hydroxyl groups is 2. The van der Waals surface area contributed by atoms with Gasteiger partial charge in [0.25, 0.3) is 0 Å². The maximum absolute atomic E-state index is 12.7. The maximum atomic E-state index is 12.7. The molecule has 0 radical (unpaired) electrons. The second kappa shape index (κ2) is 28.7. The Kier molecular flexibility index (Phi) is 27.8. The van der Waals surface area contributed by atoms with Crippen molar-refractivity contribution in [3.05, 3.63) is 36.5 Å². The van der Waals surface area contributed by atoms with Gasteiger partial charge in [-0.3, -0.25) is 13.8 Å². The normalized spacial score (nSPS) is 15.9. The van der Waals surface area contributed by atoms with Crippen LogP contribution in [0.3, 0.4) is 0 Å². The van der Waals surface area contributed by atoms with Gasteiger partial charge in [-0.05, 0) is 70.6 Å². The first-order valence-electron chi connectivity index (χ1n) is 17.9. The molecule has 0 aromatic rings. The Balaban J connectivity index is 4.77. The van der Waals surface area contributed by atoms with Gasteiger partial charge in [0.1, 0.15) is 19.3 Å². The fourth-order valence-electron chi connectivity index (χ4n) is 4.69. The van der Waals surface area contributed by atoms with E-state index in [0.717, 1.165) is 64.2 Å². The van der Waals surface area contributed by atoms with E-state index in [9.17, 15) is 24.5 Å².